The number of aliphatic hydroxyl groups excluding tert-OH is 1. The molecule has 1 N–H and O–H groups in total. The number of aliphatic hydroxyl groups is 1. The fraction of sp³-hybridized carbons (Fsp3) is 0.800. The van der Waals surface area contributed by atoms with Crippen molar-refractivity contribution in [1.82, 2.24) is 0 Å². The van der Waals surface area contributed by atoms with Gasteiger partial charge >= 0.3 is 0 Å². The third-order valence-electron chi connectivity index (χ3n) is 2.48. The van der Waals surface area contributed by atoms with E-state index < -0.39 is 0 Å². The van der Waals surface area contributed by atoms with Gasteiger partial charge < -0.3 is 9.84 Å². The van der Waals surface area contributed by atoms with Gasteiger partial charge in [-0.05, 0) is 19.8 Å². The molecule has 1 aliphatic rings. The topological polar surface area (TPSA) is 29.5 Å². The highest BCUT2D eigenvalue weighted by molar-refractivity contribution is 4.89. The molecular weight excluding hydrogens is 152 g/mol. The molecule has 3 atom stereocenters. The zero-order valence-corrected chi connectivity index (χ0v) is 7.86. The molecule has 2 heteroatoms. The van der Waals surface area contributed by atoms with Crippen LogP contribution in [0.3, 0.4) is 0 Å². The highest BCUT2D eigenvalue weighted by Crippen LogP contribution is 2.27. The molecule has 0 aromatic rings. The van der Waals surface area contributed by atoms with Crippen molar-refractivity contribution >= 4 is 0 Å². The van der Waals surface area contributed by atoms with Gasteiger partial charge in [-0.15, -0.1) is 0 Å². The Labute approximate surface area is 74.2 Å². The summed E-state index contributed by atoms with van der Waals surface area (Å²) < 4.78 is 5.31. The second-order valence-corrected chi connectivity index (χ2v) is 3.34. The van der Waals surface area contributed by atoms with Crippen LogP contribution in [0.15, 0.2) is 12.2 Å². The van der Waals surface area contributed by atoms with E-state index in [0.717, 1.165) is 19.4 Å². The highest BCUT2D eigenvalue weighted by Gasteiger charge is 2.35. The van der Waals surface area contributed by atoms with Crippen molar-refractivity contribution < 1.29 is 9.84 Å². The largest absolute Gasteiger partial charge is 0.390 e. The van der Waals surface area contributed by atoms with E-state index in [9.17, 15) is 5.11 Å². The smallest absolute Gasteiger partial charge is 0.0887 e. The Kier molecular flexibility index (Phi) is 3.76. The van der Waals surface area contributed by atoms with Crippen LogP contribution in [0.1, 0.15) is 26.7 Å². The van der Waals surface area contributed by atoms with Crippen LogP contribution in [0.25, 0.3) is 0 Å². The molecule has 3 unspecified atom stereocenters. The predicted molar refractivity (Wildman–Crippen MR) is 49.0 cm³/mol. The first-order valence-electron chi connectivity index (χ1n) is 4.70. The van der Waals surface area contributed by atoms with E-state index in [0.29, 0.717) is 5.92 Å². The van der Waals surface area contributed by atoms with E-state index in [2.05, 4.69) is 6.92 Å². The van der Waals surface area contributed by atoms with Crippen molar-refractivity contribution in [1.29, 1.82) is 0 Å². The zero-order chi connectivity index (χ0) is 8.97. The molecular formula is C10H18O2. The van der Waals surface area contributed by atoms with Crippen LogP contribution >= 0.6 is 0 Å². The second-order valence-electron chi connectivity index (χ2n) is 3.34. The average Bonchev–Trinajstić information content (AvgIpc) is 2.00. The zero-order valence-electron chi connectivity index (χ0n) is 7.86. The summed E-state index contributed by atoms with van der Waals surface area (Å²) in [5, 5.41) is 9.63. The maximum atomic E-state index is 9.63. The van der Waals surface area contributed by atoms with Gasteiger partial charge in [-0.25, -0.2) is 0 Å². The number of hydrogen-bond donors (Lipinski definition) is 1. The van der Waals surface area contributed by atoms with Crippen LogP contribution in [0.5, 0.6) is 0 Å². The molecule has 0 aromatic heterocycles. The molecule has 1 saturated heterocycles. The highest BCUT2D eigenvalue weighted by atomic mass is 16.5. The standard InChI is InChI=1S/C10H18O2/c1-3-5-6-9(11)10-8(4-2)7-12-10/h3,5,8-11H,4,6-7H2,1-2H3. The second kappa shape index (κ2) is 4.63. The summed E-state index contributed by atoms with van der Waals surface area (Å²) in [5.74, 6) is 0.574. The summed E-state index contributed by atoms with van der Waals surface area (Å²) in [5.41, 5.74) is 0. The molecule has 1 heterocycles. The summed E-state index contributed by atoms with van der Waals surface area (Å²) in [4.78, 5) is 0. The average molecular weight is 170 g/mol. The lowest BCUT2D eigenvalue weighted by Crippen LogP contribution is -2.47. The number of rotatable bonds is 4. The summed E-state index contributed by atoms with van der Waals surface area (Å²) in [7, 11) is 0. The summed E-state index contributed by atoms with van der Waals surface area (Å²) in [6.45, 7) is 4.93. The van der Waals surface area contributed by atoms with Crippen LogP contribution in [0.4, 0.5) is 0 Å². The minimum atomic E-state index is -0.306. The van der Waals surface area contributed by atoms with Gasteiger partial charge in [0, 0.05) is 5.92 Å². The minimum Gasteiger partial charge on any atom is -0.390 e. The normalized spacial score (nSPS) is 31.9. The van der Waals surface area contributed by atoms with Crippen molar-refractivity contribution in [2.45, 2.75) is 38.9 Å². The van der Waals surface area contributed by atoms with Gasteiger partial charge in [-0.3, -0.25) is 0 Å². The third-order valence-corrected chi connectivity index (χ3v) is 2.48. The van der Waals surface area contributed by atoms with E-state index in [4.69, 9.17) is 4.74 Å². The summed E-state index contributed by atoms with van der Waals surface area (Å²) in [6.07, 6.45) is 5.56. The van der Waals surface area contributed by atoms with Crippen LogP contribution in [-0.2, 0) is 4.74 Å². The molecule has 0 aromatic carbocycles. The SMILES string of the molecule is CC=CCC(O)C1OCC1CC. The monoisotopic (exact) mass is 170 g/mol. The minimum absolute atomic E-state index is 0.0891. The van der Waals surface area contributed by atoms with Crippen LogP contribution in [0, 0.1) is 5.92 Å². The Morgan fingerprint density at radius 1 is 1.67 bits per heavy atom. The first-order chi connectivity index (χ1) is 5.79. The lowest BCUT2D eigenvalue weighted by atomic mass is 9.90. The van der Waals surface area contributed by atoms with E-state index in [1.54, 1.807) is 0 Å². The molecule has 2 nitrogen and oxygen atoms in total. The van der Waals surface area contributed by atoms with Crippen molar-refractivity contribution in [3.63, 3.8) is 0 Å². The predicted octanol–water partition coefficient (Wildman–Crippen LogP) is 1.74. The molecule has 0 spiro atoms. The van der Waals surface area contributed by atoms with Crippen molar-refractivity contribution in [2.24, 2.45) is 5.92 Å². The Morgan fingerprint density at radius 2 is 2.42 bits per heavy atom. The van der Waals surface area contributed by atoms with Gasteiger partial charge in [0.15, 0.2) is 0 Å². The van der Waals surface area contributed by atoms with Crippen LogP contribution in [0.2, 0.25) is 0 Å². The fourth-order valence-electron chi connectivity index (χ4n) is 1.53. The lowest BCUT2D eigenvalue weighted by Gasteiger charge is -2.39. The van der Waals surface area contributed by atoms with Gasteiger partial charge in [0.25, 0.3) is 0 Å². The molecule has 0 bridgehead atoms. The molecule has 1 fully saturated rings. The molecule has 0 amide bonds. The number of allylic oxidation sites excluding steroid dienone is 1. The van der Waals surface area contributed by atoms with Crippen molar-refractivity contribution in [3.8, 4) is 0 Å². The van der Waals surface area contributed by atoms with E-state index in [-0.39, 0.29) is 12.2 Å². The Hall–Kier alpha value is -0.340. The lowest BCUT2D eigenvalue weighted by molar-refractivity contribution is -0.166. The molecule has 1 aliphatic heterocycles. The van der Waals surface area contributed by atoms with Gasteiger partial charge in [-0.1, -0.05) is 19.1 Å². The molecule has 1 rings (SSSR count). The van der Waals surface area contributed by atoms with E-state index >= 15 is 0 Å². The maximum absolute atomic E-state index is 9.63. The Morgan fingerprint density at radius 3 is 2.83 bits per heavy atom. The number of hydrogen-bond acceptors (Lipinski definition) is 2. The molecule has 0 aliphatic carbocycles. The molecule has 12 heavy (non-hydrogen) atoms. The van der Waals surface area contributed by atoms with Gasteiger partial charge in [0.1, 0.15) is 0 Å². The summed E-state index contributed by atoms with van der Waals surface area (Å²) in [6, 6.07) is 0. The van der Waals surface area contributed by atoms with Crippen molar-refractivity contribution in [3.05, 3.63) is 12.2 Å². The summed E-state index contributed by atoms with van der Waals surface area (Å²) >= 11 is 0. The Bertz CT molecular complexity index is 152. The van der Waals surface area contributed by atoms with E-state index in [1.165, 1.54) is 0 Å². The van der Waals surface area contributed by atoms with Gasteiger partial charge in [0.2, 0.25) is 0 Å². The first kappa shape index (κ1) is 9.75. The maximum Gasteiger partial charge on any atom is 0.0887 e. The van der Waals surface area contributed by atoms with Crippen molar-refractivity contribution in [2.75, 3.05) is 6.61 Å². The molecule has 0 radical (unpaired) electrons. The quantitative estimate of drug-likeness (QED) is 0.651. The van der Waals surface area contributed by atoms with E-state index in [1.807, 2.05) is 19.1 Å². The van der Waals surface area contributed by atoms with Gasteiger partial charge in [0.05, 0.1) is 18.8 Å². The fourth-order valence-corrected chi connectivity index (χ4v) is 1.53. The van der Waals surface area contributed by atoms with Crippen LogP contribution in [-0.4, -0.2) is 23.9 Å². The Balaban J connectivity index is 2.27. The molecule has 70 valence electrons. The van der Waals surface area contributed by atoms with Crippen LogP contribution < -0.4 is 0 Å². The molecule has 0 saturated carbocycles. The number of ether oxygens (including phenoxy) is 1. The third kappa shape index (κ3) is 2.08. The van der Waals surface area contributed by atoms with Gasteiger partial charge in [-0.2, -0.15) is 0 Å². The first-order valence-corrected chi connectivity index (χ1v) is 4.70.